The van der Waals surface area contributed by atoms with E-state index in [1.807, 2.05) is 5.38 Å². The number of hydrogen-bond acceptors (Lipinski definition) is 4. The number of rotatable bonds is 4. The van der Waals surface area contributed by atoms with Crippen LogP contribution in [0.3, 0.4) is 0 Å². The summed E-state index contributed by atoms with van der Waals surface area (Å²) in [5.41, 5.74) is 6.26. The van der Waals surface area contributed by atoms with E-state index in [9.17, 15) is 9.59 Å². The van der Waals surface area contributed by atoms with Gasteiger partial charge in [0.25, 0.3) is 5.91 Å². The van der Waals surface area contributed by atoms with E-state index in [2.05, 4.69) is 4.98 Å². The third kappa shape index (κ3) is 3.30. The highest BCUT2D eigenvalue weighted by atomic mass is 32.1. The van der Waals surface area contributed by atoms with Gasteiger partial charge in [-0.25, -0.2) is 4.98 Å². The Kier molecular flexibility index (Phi) is 4.27. The lowest BCUT2D eigenvalue weighted by Gasteiger charge is -2.15. The average Bonchev–Trinajstić information content (AvgIpc) is 2.97. The van der Waals surface area contributed by atoms with E-state index in [0.717, 1.165) is 5.01 Å². The van der Waals surface area contributed by atoms with Crippen LogP contribution in [-0.4, -0.2) is 23.8 Å². The van der Waals surface area contributed by atoms with E-state index in [1.165, 1.54) is 22.3 Å². The van der Waals surface area contributed by atoms with Crippen LogP contribution in [0.5, 0.6) is 0 Å². The molecule has 0 saturated heterocycles. The molecule has 1 aromatic heterocycles. The number of primary amides is 1. The molecule has 2 N–H and O–H groups in total. The first-order chi connectivity index (χ1) is 9.58. The van der Waals surface area contributed by atoms with E-state index >= 15 is 0 Å². The summed E-state index contributed by atoms with van der Waals surface area (Å²) < 4.78 is 0. The van der Waals surface area contributed by atoms with Gasteiger partial charge in [0, 0.05) is 36.0 Å². The minimum Gasteiger partial charge on any atom is -0.366 e. The molecule has 5 nitrogen and oxygen atoms in total. The molecule has 0 atom stereocenters. The van der Waals surface area contributed by atoms with Crippen molar-refractivity contribution < 1.29 is 9.59 Å². The van der Waals surface area contributed by atoms with E-state index in [1.54, 1.807) is 43.6 Å². The minimum atomic E-state index is -0.491. The molecule has 1 aromatic carbocycles. The number of benzene rings is 1. The zero-order chi connectivity index (χ0) is 14.5. The molecule has 0 bridgehead atoms. The molecule has 0 radical (unpaired) electrons. The Balaban J connectivity index is 2.08. The molecule has 0 aliphatic rings. The number of aromatic nitrogens is 1. The van der Waals surface area contributed by atoms with Crippen LogP contribution in [0.25, 0.3) is 6.08 Å². The standard InChI is InChI=1S/C14H13N3O2S/c1-17(11-4-2-10(3-5-11)14(15)19)13(18)7-6-12-16-8-9-20-12/h2-9H,1H3,(H2,15,19)/b7-6+. The van der Waals surface area contributed by atoms with Crippen molar-refractivity contribution in [2.24, 2.45) is 5.73 Å². The Hall–Kier alpha value is -2.47. The summed E-state index contributed by atoms with van der Waals surface area (Å²) in [5.74, 6) is -0.666. The average molecular weight is 287 g/mol. The molecule has 1 heterocycles. The Labute approximate surface area is 120 Å². The molecular weight excluding hydrogens is 274 g/mol. The monoisotopic (exact) mass is 287 g/mol. The predicted octanol–water partition coefficient (Wildman–Crippen LogP) is 1.92. The zero-order valence-corrected chi connectivity index (χ0v) is 11.6. The summed E-state index contributed by atoms with van der Waals surface area (Å²) in [7, 11) is 1.66. The van der Waals surface area contributed by atoms with Gasteiger partial charge in [0.1, 0.15) is 5.01 Å². The van der Waals surface area contributed by atoms with Gasteiger partial charge in [0.05, 0.1) is 0 Å². The highest BCUT2D eigenvalue weighted by Crippen LogP contribution is 2.14. The summed E-state index contributed by atoms with van der Waals surface area (Å²) in [5, 5.41) is 2.62. The second-order valence-corrected chi connectivity index (χ2v) is 4.94. The summed E-state index contributed by atoms with van der Waals surface area (Å²) in [6.45, 7) is 0. The highest BCUT2D eigenvalue weighted by Gasteiger charge is 2.08. The first-order valence-corrected chi connectivity index (χ1v) is 6.71. The van der Waals surface area contributed by atoms with Gasteiger partial charge in [-0.2, -0.15) is 0 Å². The third-order valence-electron chi connectivity index (χ3n) is 2.69. The molecular formula is C14H13N3O2S. The third-order valence-corrected chi connectivity index (χ3v) is 3.43. The molecule has 0 aliphatic carbocycles. The number of carbonyl (C=O) groups excluding carboxylic acids is 2. The maximum atomic E-state index is 12.0. The molecule has 2 rings (SSSR count). The predicted molar refractivity (Wildman–Crippen MR) is 79.5 cm³/mol. The molecule has 6 heteroatoms. The minimum absolute atomic E-state index is 0.174. The fourth-order valence-electron chi connectivity index (χ4n) is 1.55. The normalized spacial score (nSPS) is 10.7. The Morgan fingerprint density at radius 1 is 1.30 bits per heavy atom. The SMILES string of the molecule is CN(C(=O)/C=C/c1nccs1)c1ccc(C(N)=O)cc1. The summed E-state index contributed by atoms with van der Waals surface area (Å²) in [6.07, 6.45) is 4.81. The van der Waals surface area contributed by atoms with Crippen LogP contribution in [0.2, 0.25) is 0 Å². The second-order valence-electron chi connectivity index (χ2n) is 4.01. The maximum Gasteiger partial charge on any atom is 0.250 e. The lowest BCUT2D eigenvalue weighted by molar-refractivity contribution is -0.113. The zero-order valence-electron chi connectivity index (χ0n) is 10.8. The molecule has 20 heavy (non-hydrogen) atoms. The van der Waals surface area contributed by atoms with Gasteiger partial charge < -0.3 is 10.6 Å². The van der Waals surface area contributed by atoms with E-state index < -0.39 is 5.91 Å². The molecule has 2 aromatic rings. The molecule has 0 fully saturated rings. The molecule has 0 unspecified atom stereocenters. The molecule has 0 spiro atoms. The van der Waals surface area contributed by atoms with Crippen molar-refractivity contribution in [1.82, 2.24) is 4.98 Å². The lowest BCUT2D eigenvalue weighted by atomic mass is 10.2. The first-order valence-electron chi connectivity index (χ1n) is 5.83. The maximum absolute atomic E-state index is 12.0. The van der Waals surface area contributed by atoms with E-state index in [0.29, 0.717) is 11.3 Å². The Morgan fingerprint density at radius 3 is 2.55 bits per heavy atom. The van der Waals surface area contributed by atoms with Crippen LogP contribution in [0.4, 0.5) is 5.69 Å². The van der Waals surface area contributed by atoms with Crippen LogP contribution < -0.4 is 10.6 Å². The van der Waals surface area contributed by atoms with Crippen molar-refractivity contribution in [3.63, 3.8) is 0 Å². The van der Waals surface area contributed by atoms with E-state index in [4.69, 9.17) is 5.73 Å². The Bertz CT molecular complexity index is 633. The van der Waals surface area contributed by atoms with Crippen molar-refractivity contribution in [3.05, 3.63) is 52.5 Å². The van der Waals surface area contributed by atoms with Gasteiger partial charge >= 0.3 is 0 Å². The highest BCUT2D eigenvalue weighted by molar-refractivity contribution is 7.10. The van der Waals surface area contributed by atoms with Crippen molar-refractivity contribution in [1.29, 1.82) is 0 Å². The first kappa shape index (κ1) is 14.0. The number of nitrogens with zero attached hydrogens (tertiary/aromatic N) is 2. The van der Waals surface area contributed by atoms with Crippen LogP contribution in [-0.2, 0) is 4.79 Å². The number of nitrogens with two attached hydrogens (primary N) is 1. The summed E-state index contributed by atoms with van der Waals surface area (Å²) >= 11 is 1.46. The van der Waals surface area contributed by atoms with Gasteiger partial charge in [0.15, 0.2) is 0 Å². The lowest BCUT2D eigenvalue weighted by Crippen LogP contribution is -2.24. The van der Waals surface area contributed by atoms with Crippen molar-refractivity contribution in [2.45, 2.75) is 0 Å². The summed E-state index contributed by atoms with van der Waals surface area (Å²) in [6, 6.07) is 6.53. The van der Waals surface area contributed by atoms with Crippen LogP contribution >= 0.6 is 11.3 Å². The number of amides is 2. The topological polar surface area (TPSA) is 76.3 Å². The Morgan fingerprint density at radius 2 is 2.00 bits per heavy atom. The van der Waals surface area contributed by atoms with Crippen molar-refractivity contribution in [2.75, 3.05) is 11.9 Å². The molecule has 0 aliphatic heterocycles. The quantitative estimate of drug-likeness (QED) is 0.873. The van der Waals surface area contributed by atoms with Crippen LogP contribution in [0.15, 0.2) is 41.9 Å². The summed E-state index contributed by atoms with van der Waals surface area (Å²) in [4.78, 5) is 28.5. The number of anilines is 1. The van der Waals surface area contributed by atoms with Crippen LogP contribution in [0, 0.1) is 0 Å². The van der Waals surface area contributed by atoms with Gasteiger partial charge in [-0.15, -0.1) is 11.3 Å². The smallest absolute Gasteiger partial charge is 0.250 e. The fourth-order valence-corrected chi connectivity index (χ4v) is 2.08. The van der Waals surface area contributed by atoms with Gasteiger partial charge in [-0.1, -0.05) is 0 Å². The molecule has 102 valence electrons. The number of hydrogen-bond donors (Lipinski definition) is 1. The van der Waals surface area contributed by atoms with Gasteiger partial charge in [-0.05, 0) is 30.3 Å². The molecule has 2 amide bonds. The number of carbonyl (C=O) groups is 2. The fraction of sp³-hybridized carbons (Fsp3) is 0.0714. The molecule has 0 saturated carbocycles. The van der Waals surface area contributed by atoms with Crippen molar-refractivity contribution in [3.8, 4) is 0 Å². The van der Waals surface area contributed by atoms with Crippen LogP contribution in [0.1, 0.15) is 15.4 Å². The second kappa shape index (κ2) is 6.12. The van der Waals surface area contributed by atoms with Gasteiger partial charge in [-0.3, -0.25) is 9.59 Å². The van der Waals surface area contributed by atoms with E-state index in [-0.39, 0.29) is 5.91 Å². The van der Waals surface area contributed by atoms with Crippen molar-refractivity contribution >= 4 is 34.9 Å². The largest absolute Gasteiger partial charge is 0.366 e. The van der Waals surface area contributed by atoms with Gasteiger partial charge in [0.2, 0.25) is 5.91 Å². The number of likely N-dealkylation sites (N-methyl/N-ethyl adjacent to an activating group) is 1. The number of thiazole rings is 1.